The van der Waals surface area contributed by atoms with Gasteiger partial charge in [-0.25, -0.2) is 14.4 Å². The molecule has 0 bridgehead atoms. The average molecular weight is 421 g/mol. The van der Waals surface area contributed by atoms with Crippen LogP contribution in [0, 0.1) is 20.8 Å². The summed E-state index contributed by atoms with van der Waals surface area (Å²) in [6.45, 7) is 5.07. The van der Waals surface area contributed by atoms with Crippen LogP contribution in [0.2, 0.25) is 0 Å². The Kier molecular flexibility index (Phi) is 7.22. The van der Waals surface area contributed by atoms with E-state index in [1.807, 2.05) is 32.9 Å². The van der Waals surface area contributed by atoms with Crippen LogP contribution >= 0.6 is 11.3 Å². The molecule has 8 nitrogen and oxygen atoms in total. The third kappa shape index (κ3) is 5.05. The molecule has 9 heteroatoms. The number of nitrogens with two attached hydrogens (primary N) is 1. The van der Waals surface area contributed by atoms with Gasteiger partial charge in [-0.1, -0.05) is 17.7 Å². The Labute approximate surface area is 172 Å². The van der Waals surface area contributed by atoms with Gasteiger partial charge in [0.25, 0.3) is 0 Å². The lowest BCUT2D eigenvalue weighted by atomic mass is 10.1. The highest BCUT2D eigenvalue weighted by Gasteiger charge is 2.28. The molecule has 0 saturated heterocycles. The van der Waals surface area contributed by atoms with Crippen molar-refractivity contribution >= 4 is 34.2 Å². The van der Waals surface area contributed by atoms with Crippen LogP contribution in [0.5, 0.6) is 5.75 Å². The van der Waals surface area contributed by atoms with E-state index in [0.717, 1.165) is 28.0 Å². The van der Waals surface area contributed by atoms with Gasteiger partial charge in [-0.2, -0.15) is 0 Å². The molecule has 156 valence electrons. The number of carbonyl (C=O) groups excluding carboxylic acids is 3. The predicted octanol–water partition coefficient (Wildman–Crippen LogP) is 2.95. The summed E-state index contributed by atoms with van der Waals surface area (Å²) in [5, 5.41) is 0.0745. The number of nitrogen functional groups attached to an aromatic ring is 1. The minimum Gasteiger partial charge on any atom is -0.481 e. The van der Waals surface area contributed by atoms with Crippen molar-refractivity contribution in [2.75, 3.05) is 26.6 Å². The van der Waals surface area contributed by atoms with Crippen LogP contribution in [0.3, 0.4) is 0 Å². The molecule has 1 aromatic heterocycles. The molecule has 0 aliphatic heterocycles. The number of benzene rings is 1. The summed E-state index contributed by atoms with van der Waals surface area (Å²) in [7, 11) is 2.39. The second-order valence-electron chi connectivity index (χ2n) is 6.31. The molecule has 0 fully saturated rings. The molecule has 0 spiro atoms. The van der Waals surface area contributed by atoms with Crippen LogP contribution in [0.25, 0.3) is 0 Å². The molecular formula is C20H23NO7S. The fraction of sp³-hybridized carbons (Fsp3) is 0.350. The van der Waals surface area contributed by atoms with Crippen molar-refractivity contribution in [3.05, 3.63) is 44.8 Å². The predicted molar refractivity (Wildman–Crippen MR) is 107 cm³/mol. The third-order valence-corrected chi connectivity index (χ3v) is 5.15. The highest BCUT2D eigenvalue weighted by Crippen LogP contribution is 2.33. The van der Waals surface area contributed by atoms with E-state index in [1.165, 1.54) is 14.2 Å². The first-order valence-corrected chi connectivity index (χ1v) is 9.45. The summed E-state index contributed by atoms with van der Waals surface area (Å²) >= 11 is 0.864. The molecule has 2 N–H and O–H groups in total. The Balaban J connectivity index is 2.14. The molecule has 0 amide bonds. The fourth-order valence-corrected chi connectivity index (χ4v) is 3.91. The van der Waals surface area contributed by atoms with E-state index in [0.29, 0.717) is 5.75 Å². The maximum absolute atomic E-state index is 12.2. The smallest absolute Gasteiger partial charge is 0.348 e. The highest BCUT2D eigenvalue weighted by molar-refractivity contribution is 7.18. The lowest BCUT2D eigenvalue weighted by Crippen LogP contribution is -2.17. The van der Waals surface area contributed by atoms with Crippen molar-refractivity contribution in [1.82, 2.24) is 0 Å². The number of hydrogen-bond acceptors (Lipinski definition) is 9. The molecule has 1 aromatic carbocycles. The van der Waals surface area contributed by atoms with Crippen LogP contribution in [-0.2, 0) is 25.6 Å². The van der Waals surface area contributed by atoms with Crippen molar-refractivity contribution in [2.45, 2.75) is 27.4 Å². The van der Waals surface area contributed by atoms with Gasteiger partial charge < -0.3 is 24.7 Å². The van der Waals surface area contributed by atoms with E-state index in [4.69, 9.17) is 24.7 Å². The van der Waals surface area contributed by atoms with Gasteiger partial charge >= 0.3 is 17.9 Å². The SMILES string of the molecule is COC(=O)c1sc(N)c(C(=O)OC)c1COC(=O)COc1c(C)cc(C)cc1C. The normalized spacial score (nSPS) is 10.4. The second-order valence-corrected chi connectivity index (χ2v) is 7.36. The molecule has 0 aliphatic rings. The summed E-state index contributed by atoms with van der Waals surface area (Å²) in [4.78, 5) is 36.3. The first-order chi connectivity index (χ1) is 13.7. The number of esters is 3. The van der Waals surface area contributed by atoms with Crippen LogP contribution in [0.4, 0.5) is 5.00 Å². The molecule has 2 aromatic rings. The Morgan fingerprint density at radius 2 is 1.59 bits per heavy atom. The average Bonchev–Trinajstić information content (AvgIpc) is 3.00. The molecule has 0 saturated carbocycles. The Morgan fingerprint density at radius 1 is 1.00 bits per heavy atom. The maximum Gasteiger partial charge on any atom is 0.348 e. The van der Waals surface area contributed by atoms with Crippen LogP contribution in [-0.4, -0.2) is 38.7 Å². The Bertz CT molecular complexity index is 926. The van der Waals surface area contributed by atoms with E-state index in [1.54, 1.807) is 0 Å². The van der Waals surface area contributed by atoms with Crippen molar-refractivity contribution in [2.24, 2.45) is 0 Å². The summed E-state index contributed by atoms with van der Waals surface area (Å²) in [6.07, 6.45) is 0. The monoisotopic (exact) mass is 421 g/mol. The molecule has 29 heavy (non-hydrogen) atoms. The standard InChI is InChI=1S/C20H23NO7S/c1-10-6-11(2)16(12(3)7-10)28-9-14(22)27-8-13-15(19(23)25-4)18(21)29-17(13)20(24)26-5/h6-7H,8-9,21H2,1-5H3. The van der Waals surface area contributed by atoms with Crippen LogP contribution < -0.4 is 10.5 Å². The minimum atomic E-state index is -0.734. The quantitative estimate of drug-likeness (QED) is 0.536. The van der Waals surface area contributed by atoms with Gasteiger partial charge in [0.1, 0.15) is 27.8 Å². The molecule has 0 aliphatic carbocycles. The van der Waals surface area contributed by atoms with Gasteiger partial charge in [-0.3, -0.25) is 0 Å². The number of ether oxygens (including phenoxy) is 4. The molecule has 0 atom stereocenters. The lowest BCUT2D eigenvalue weighted by molar-refractivity contribution is -0.147. The zero-order chi connectivity index (χ0) is 21.7. The number of thiophene rings is 1. The molecule has 0 unspecified atom stereocenters. The number of methoxy groups -OCH3 is 2. The number of aryl methyl sites for hydroxylation is 3. The van der Waals surface area contributed by atoms with E-state index in [2.05, 4.69) is 0 Å². The van der Waals surface area contributed by atoms with E-state index in [-0.39, 0.29) is 34.2 Å². The van der Waals surface area contributed by atoms with Gasteiger partial charge in [-0.15, -0.1) is 11.3 Å². The Hall–Kier alpha value is -3.07. The summed E-state index contributed by atoms with van der Waals surface area (Å²) in [5.74, 6) is -1.48. The molecule has 2 rings (SSSR count). The number of rotatable bonds is 7. The van der Waals surface area contributed by atoms with Gasteiger partial charge in [0, 0.05) is 5.56 Å². The van der Waals surface area contributed by atoms with E-state index in [9.17, 15) is 14.4 Å². The first-order valence-electron chi connectivity index (χ1n) is 8.63. The van der Waals surface area contributed by atoms with Crippen molar-refractivity contribution in [1.29, 1.82) is 0 Å². The fourth-order valence-electron chi connectivity index (χ4n) is 2.93. The largest absolute Gasteiger partial charge is 0.481 e. The maximum atomic E-state index is 12.2. The second kappa shape index (κ2) is 9.42. The highest BCUT2D eigenvalue weighted by atomic mass is 32.1. The summed E-state index contributed by atoms with van der Waals surface area (Å²) in [5.41, 5.74) is 8.87. The number of anilines is 1. The van der Waals surface area contributed by atoms with Gasteiger partial charge in [0.05, 0.1) is 14.2 Å². The minimum absolute atomic E-state index is 0.0168. The number of carbonyl (C=O) groups is 3. The van der Waals surface area contributed by atoms with Crippen molar-refractivity contribution in [3.63, 3.8) is 0 Å². The van der Waals surface area contributed by atoms with E-state index >= 15 is 0 Å². The topological polar surface area (TPSA) is 114 Å². The first kappa shape index (κ1) is 22.2. The van der Waals surface area contributed by atoms with Gasteiger partial charge in [0.2, 0.25) is 0 Å². The zero-order valence-electron chi connectivity index (χ0n) is 16.9. The molecular weight excluding hydrogens is 398 g/mol. The van der Waals surface area contributed by atoms with Crippen LogP contribution in [0.1, 0.15) is 42.3 Å². The van der Waals surface area contributed by atoms with Gasteiger partial charge in [0.15, 0.2) is 6.61 Å². The third-order valence-electron chi connectivity index (χ3n) is 4.11. The molecule has 1 heterocycles. The Morgan fingerprint density at radius 3 is 2.14 bits per heavy atom. The van der Waals surface area contributed by atoms with Crippen molar-refractivity contribution in [3.8, 4) is 5.75 Å². The summed E-state index contributed by atoms with van der Waals surface area (Å²) < 4.78 is 20.2. The van der Waals surface area contributed by atoms with Crippen LogP contribution in [0.15, 0.2) is 12.1 Å². The molecule has 0 radical (unpaired) electrons. The number of hydrogen-bond donors (Lipinski definition) is 1. The lowest BCUT2D eigenvalue weighted by Gasteiger charge is -2.13. The zero-order valence-corrected chi connectivity index (χ0v) is 17.7. The van der Waals surface area contributed by atoms with Gasteiger partial charge in [-0.05, 0) is 31.9 Å². The van der Waals surface area contributed by atoms with Crippen molar-refractivity contribution < 1.29 is 33.3 Å². The van der Waals surface area contributed by atoms with E-state index < -0.39 is 17.9 Å². The summed E-state index contributed by atoms with van der Waals surface area (Å²) in [6, 6.07) is 3.90.